The summed E-state index contributed by atoms with van der Waals surface area (Å²) < 4.78 is 2.20. The van der Waals surface area contributed by atoms with E-state index in [1.807, 2.05) is 24.2 Å². The molecule has 0 bridgehead atoms. The Morgan fingerprint density at radius 3 is 3.15 bits per heavy atom. The Labute approximate surface area is 123 Å². The van der Waals surface area contributed by atoms with Crippen LogP contribution in [-0.4, -0.2) is 39.7 Å². The van der Waals surface area contributed by atoms with Crippen molar-refractivity contribution in [2.24, 2.45) is 5.92 Å². The highest BCUT2D eigenvalue weighted by atomic mass is 32.2. The van der Waals surface area contributed by atoms with E-state index in [1.54, 1.807) is 0 Å². The molecule has 0 radical (unpaired) electrons. The van der Waals surface area contributed by atoms with Crippen LogP contribution in [0.1, 0.15) is 25.1 Å². The van der Waals surface area contributed by atoms with Crippen LogP contribution in [0.25, 0.3) is 0 Å². The number of aromatic nitrogens is 2. The first-order valence-electron chi connectivity index (χ1n) is 7.44. The van der Waals surface area contributed by atoms with Crippen molar-refractivity contribution >= 4 is 17.8 Å². The number of nitrogens with zero attached hydrogens (tertiary/aromatic N) is 2. The Kier molecular flexibility index (Phi) is 4.50. The molecule has 1 fully saturated rings. The van der Waals surface area contributed by atoms with Gasteiger partial charge in [-0.2, -0.15) is 11.8 Å². The lowest BCUT2D eigenvalue weighted by atomic mass is 9.98. The molecule has 0 aromatic carbocycles. The highest BCUT2D eigenvalue weighted by molar-refractivity contribution is 8.00. The van der Waals surface area contributed by atoms with Crippen molar-refractivity contribution in [1.29, 1.82) is 0 Å². The maximum absolute atomic E-state index is 11.8. The fourth-order valence-corrected chi connectivity index (χ4v) is 4.10. The summed E-state index contributed by atoms with van der Waals surface area (Å²) in [4.78, 5) is 16.1. The fraction of sp³-hybridized carbons (Fsp3) is 0.714. The van der Waals surface area contributed by atoms with Crippen molar-refractivity contribution in [2.75, 3.05) is 18.8 Å². The largest absolute Gasteiger partial charge is 0.338 e. The number of rotatable bonds is 4. The van der Waals surface area contributed by atoms with Crippen LogP contribution < -0.4 is 10.6 Å². The number of hydrogen-bond donors (Lipinski definition) is 2. The third kappa shape index (κ3) is 3.48. The molecule has 2 atom stereocenters. The smallest absolute Gasteiger partial charge is 0.314 e. The van der Waals surface area contributed by atoms with Crippen LogP contribution in [-0.2, 0) is 13.0 Å². The number of amides is 2. The van der Waals surface area contributed by atoms with Crippen LogP contribution in [0.5, 0.6) is 0 Å². The fourth-order valence-electron chi connectivity index (χ4n) is 2.90. The number of carbonyl (C=O) groups is 1. The molecule has 2 N–H and O–H groups in total. The van der Waals surface area contributed by atoms with Gasteiger partial charge < -0.3 is 15.2 Å². The first-order chi connectivity index (χ1) is 9.81. The maximum atomic E-state index is 11.8. The van der Waals surface area contributed by atoms with Gasteiger partial charge in [0.1, 0.15) is 5.82 Å². The number of nitrogens with one attached hydrogen (secondary N) is 2. The Hall–Kier alpha value is -1.17. The van der Waals surface area contributed by atoms with Crippen molar-refractivity contribution < 1.29 is 4.79 Å². The van der Waals surface area contributed by atoms with Gasteiger partial charge in [-0.05, 0) is 30.9 Å². The molecule has 110 valence electrons. The molecule has 2 aliphatic heterocycles. The number of aryl methyl sites for hydroxylation is 1. The minimum absolute atomic E-state index is 0.0218. The molecule has 0 aliphatic carbocycles. The molecule has 0 unspecified atom stereocenters. The van der Waals surface area contributed by atoms with Crippen LogP contribution in [0.2, 0.25) is 0 Å². The summed E-state index contributed by atoms with van der Waals surface area (Å²) in [5.41, 5.74) is 0. The topological polar surface area (TPSA) is 59.0 Å². The van der Waals surface area contributed by atoms with Crippen LogP contribution in [0.4, 0.5) is 4.79 Å². The van der Waals surface area contributed by atoms with Gasteiger partial charge in [0.2, 0.25) is 0 Å². The number of urea groups is 1. The van der Waals surface area contributed by atoms with E-state index in [0.29, 0.717) is 11.2 Å². The van der Waals surface area contributed by atoms with Crippen LogP contribution in [0, 0.1) is 5.92 Å². The van der Waals surface area contributed by atoms with Crippen LogP contribution >= 0.6 is 11.8 Å². The van der Waals surface area contributed by atoms with Gasteiger partial charge in [0.25, 0.3) is 0 Å². The predicted octanol–water partition coefficient (Wildman–Crippen LogP) is 1.64. The predicted molar refractivity (Wildman–Crippen MR) is 80.9 cm³/mol. The minimum Gasteiger partial charge on any atom is -0.338 e. The van der Waals surface area contributed by atoms with Gasteiger partial charge in [-0.25, -0.2) is 9.78 Å². The Balaban J connectivity index is 1.36. The molecule has 0 spiro atoms. The van der Waals surface area contributed by atoms with E-state index in [0.717, 1.165) is 38.3 Å². The molecule has 3 rings (SSSR count). The quantitative estimate of drug-likeness (QED) is 0.887. The van der Waals surface area contributed by atoms with E-state index in [4.69, 9.17) is 0 Å². The van der Waals surface area contributed by atoms with Crippen LogP contribution in [0.15, 0.2) is 12.4 Å². The highest BCUT2D eigenvalue weighted by Gasteiger charge is 2.20. The van der Waals surface area contributed by atoms with Crippen molar-refractivity contribution in [2.45, 2.75) is 37.5 Å². The summed E-state index contributed by atoms with van der Waals surface area (Å²) in [6.07, 6.45) is 8.49. The second-order valence-electron chi connectivity index (χ2n) is 5.62. The zero-order chi connectivity index (χ0) is 13.8. The monoisotopic (exact) mass is 294 g/mol. The van der Waals surface area contributed by atoms with Crippen molar-refractivity contribution in [1.82, 2.24) is 20.2 Å². The Morgan fingerprint density at radius 2 is 2.30 bits per heavy atom. The van der Waals surface area contributed by atoms with Gasteiger partial charge in [-0.15, -0.1) is 0 Å². The second kappa shape index (κ2) is 6.52. The molecular formula is C14H22N4OS. The van der Waals surface area contributed by atoms with Crippen LogP contribution in [0.3, 0.4) is 0 Å². The second-order valence-corrected chi connectivity index (χ2v) is 7.03. The lowest BCUT2D eigenvalue weighted by molar-refractivity contribution is 0.237. The molecule has 2 amide bonds. The van der Waals surface area contributed by atoms with Crippen molar-refractivity contribution in [3.63, 3.8) is 0 Å². The molecule has 20 heavy (non-hydrogen) atoms. The van der Waals surface area contributed by atoms with E-state index in [2.05, 4.69) is 20.2 Å². The van der Waals surface area contributed by atoms with Gasteiger partial charge in [-0.3, -0.25) is 0 Å². The van der Waals surface area contributed by atoms with E-state index >= 15 is 0 Å². The van der Waals surface area contributed by atoms with Gasteiger partial charge in [0.15, 0.2) is 0 Å². The number of imidazole rings is 1. The number of thioether (sulfide) groups is 1. The summed E-state index contributed by atoms with van der Waals surface area (Å²) in [5.74, 6) is 2.89. The summed E-state index contributed by atoms with van der Waals surface area (Å²) in [7, 11) is 0. The SMILES string of the molecule is O=C(NC[C@@H]1CCn2ccnc2C1)NC[C@@H]1CCCS1. The molecule has 2 aliphatic rings. The third-order valence-corrected chi connectivity index (χ3v) is 5.51. The minimum atomic E-state index is -0.0218. The molecule has 0 saturated carbocycles. The lowest BCUT2D eigenvalue weighted by Crippen LogP contribution is -2.41. The van der Waals surface area contributed by atoms with E-state index in [9.17, 15) is 4.79 Å². The average molecular weight is 294 g/mol. The zero-order valence-electron chi connectivity index (χ0n) is 11.7. The standard InChI is InChI=1S/C14H22N4OS/c19-14(17-10-12-2-1-7-20-12)16-9-11-3-5-18-6-4-15-13(18)8-11/h4,6,11-12H,1-3,5,7-10H2,(H2,16,17,19)/t11-,12+/m1/s1. The molecule has 1 aromatic rings. The number of hydrogen-bond acceptors (Lipinski definition) is 3. The Bertz CT molecular complexity index is 456. The third-order valence-electron chi connectivity index (χ3n) is 4.12. The number of carbonyl (C=O) groups excluding carboxylic acids is 1. The lowest BCUT2D eigenvalue weighted by Gasteiger charge is -2.23. The summed E-state index contributed by atoms with van der Waals surface area (Å²) in [6, 6.07) is -0.0218. The zero-order valence-corrected chi connectivity index (χ0v) is 12.5. The molecule has 3 heterocycles. The summed E-state index contributed by atoms with van der Waals surface area (Å²) in [5, 5.41) is 6.60. The molecular weight excluding hydrogens is 272 g/mol. The van der Waals surface area contributed by atoms with Gasteiger partial charge in [0, 0.05) is 43.7 Å². The molecule has 5 nitrogen and oxygen atoms in total. The van der Waals surface area contributed by atoms with Gasteiger partial charge in [-0.1, -0.05) is 0 Å². The van der Waals surface area contributed by atoms with E-state index < -0.39 is 0 Å². The van der Waals surface area contributed by atoms with E-state index in [-0.39, 0.29) is 6.03 Å². The summed E-state index contributed by atoms with van der Waals surface area (Å²) in [6.45, 7) is 2.56. The first kappa shape index (κ1) is 13.8. The normalized spacial score (nSPS) is 25.2. The molecule has 1 aromatic heterocycles. The average Bonchev–Trinajstić information content (AvgIpc) is 3.13. The maximum Gasteiger partial charge on any atom is 0.314 e. The molecule has 6 heteroatoms. The summed E-state index contributed by atoms with van der Waals surface area (Å²) >= 11 is 1.97. The van der Waals surface area contributed by atoms with E-state index in [1.165, 1.54) is 18.6 Å². The van der Waals surface area contributed by atoms with Gasteiger partial charge in [0.05, 0.1) is 0 Å². The highest BCUT2D eigenvalue weighted by Crippen LogP contribution is 2.25. The first-order valence-corrected chi connectivity index (χ1v) is 8.49. The molecule has 1 saturated heterocycles. The Morgan fingerprint density at radius 1 is 1.40 bits per heavy atom. The van der Waals surface area contributed by atoms with Crippen molar-refractivity contribution in [3.8, 4) is 0 Å². The number of fused-ring (bicyclic) bond motifs is 1. The van der Waals surface area contributed by atoms with Gasteiger partial charge >= 0.3 is 6.03 Å². The van der Waals surface area contributed by atoms with Crippen molar-refractivity contribution in [3.05, 3.63) is 18.2 Å².